The highest BCUT2D eigenvalue weighted by Crippen LogP contribution is 2.07. The Bertz CT molecular complexity index is 343. The maximum Gasteiger partial charge on any atom is 0.147 e. The summed E-state index contributed by atoms with van der Waals surface area (Å²) in [6, 6.07) is 0. The summed E-state index contributed by atoms with van der Waals surface area (Å²) < 4.78 is 11.1. The molecule has 2 atom stereocenters. The molecule has 0 spiro atoms. The smallest absolute Gasteiger partial charge is 0.147 e. The molecular weight excluding hydrogens is 210 g/mol. The summed E-state index contributed by atoms with van der Waals surface area (Å²) in [5, 5.41) is 3.41. The fourth-order valence-corrected chi connectivity index (χ4v) is 1.59. The molecule has 0 saturated carbocycles. The topological polar surface area (TPSA) is 54.9 Å². The van der Waals surface area contributed by atoms with Crippen molar-refractivity contribution >= 4 is 16.6 Å². The predicted molar refractivity (Wildman–Crippen MR) is 63.4 cm³/mol. The van der Waals surface area contributed by atoms with Gasteiger partial charge in [-0.2, -0.15) is 0 Å². The Balaban J connectivity index is 2.38. The lowest BCUT2D eigenvalue weighted by atomic mass is 10.3. The molecule has 0 radical (unpaired) electrons. The molecule has 1 aromatic heterocycles. The number of nitrogens with zero attached hydrogens (tertiary/aromatic N) is 2. The van der Waals surface area contributed by atoms with Gasteiger partial charge in [0, 0.05) is 41.2 Å². The van der Waals surface area contributed by atoms with E-state index in [1.165, 1.54) is 0 Å². The van der Waals surface area contributed by atoms with Gasteiger partial charge in [0.15, 0.2) is 0 Å². The highest BCUT2D eigenvalue weighted by Gasteiger charge is 2.06. The van der Waals surface area contributed by atoms with E-state index in [4.69, 9.17) is 0 Å². The minimum atomic E-state index is -0.750. The second-order valence-corrected chi connectivity index (χ2v) is 5.32. The molecular formula is C10H17N3OS. The highest BCUT2D eigenvalue weighted by atomic mass is 32.2. The quantitative estimate of drug-likeness (QED) is 0.825. The van der Waals surface area contributed by atoms with Crippen LogP contribution in [0.1, 0.15) is 19.0 Å². The van der Waals surface area contributed by atoms with Crippen LogP contribution in [0.4, 0.5) is 5.82 Å². The highest BCUT2D eigenvalue weighted by molar-refractivity contribution is 7.84. The molecule has 4 nitrogen and oxygen atoms in total. The van der Waals surface area contributed by atoms with Gasteiger partial charge in [-0.25, -0.2) is 4.98 Å². The summed E-state index contributed by atoms with van der Waals surface area (Å²) in [7, 11) is -0.750. The minimum Gasteiger partial charge on any atom is -0.369 e. The molecule has 0 aliphatic carbocycles. The van der Waals surface area contributed by atoms with Crippen LogP contribution in [0.3, 0.4) is 0 Å². The Kier molecular flexibility index (Phi) is 4.68. The Morgan fingerprint density at radius 1 is 1.47 bits per heavy atom. The van der Waals surface area contributed by atoms with Crippen molar-refractivity contribution in [2.45, 2.75) is 25.5 Å². The number of aryl methyl sites for hydroxylation is 1. The molecule has 1 rings (SSSR count). The number of rotatable bonds is 5. The van der Waals surface area contributed by atoms with Crippen LogP contribution in [-0.2, 0) is 10.8 Å². The first-order valence-electron chi connectivity index (χ1n) is 4.95. The van der Waals surface area contributed by atoms with Gasteiger partial charge >= 0.3 is 0 Å². The average Bonchev–Trinajstić information content (AvgIpc) is 2.20. The zero-order chi connectivity index (χ0) is 11.3. The maximum atomic E-state index is 11.1. The Morgan fingerprint density at radius 3 is 2.73 bits per heavy atom. The van der Waals surface area contributed by atoms with E-state index in [0.717, 1.165) is 24.5 Å². The molecule has 0 saturated heterocycles. The third kappa shape index (κ3) is 3.95. The lowest BCUT2D eigenvalue weighted by Crippen LogP contribution is -2.15. The van der Waals surface area contributed by atoms with E-state index in [1.807, 2.05) is 13.8 Å². The van der Waals surface area contributed by atoms with Gasteiger partial charge in [0.25, 0.3) is 0 Å². The molecule has 0 amide bonds. The van der Waals surface area contributed by atoms with Crippen LogP contribution in [0.2, 0.25) is 0 Å². The van der Waals surface area contributed by atoms with E-state index < -0.39 is 10.8 Å². The van der Waals surface area contributed by atoms with E-state index in [0.29, 0.717) is 0 Å². The first-order valence-corrected chi connectivity index (χ1v) is 6.57. The van der Waals surface area contributed by atoms with Gasteiger partial charge in [0.1, 0.15) is 5.82 Å². The third-order valence-corrected chi connectivity index (χ3v) is 3.66. The molecule has 0 aliphatic heterocycles. The molecule has 5 heteroatoms. The second-order valence-electron chi connectivity index (χ2n) is 3.52. The monoisotopic (exact) mass is 227 g/mol. The summed E-state index contributed by atoms with van der Waals surface area (Å²) in [6.07, 6.45) is 5.94. The summed E-state index contributed by atoms with van der Waals surface area (Å²) >= 11 is 0. The molecule has 1 N–H and O–H groups in total. The summed E-state index contributed by atoms with van der Waals surface area (Å²) in [4.78, 5) is 8.30. The van der Waals surface area contributed by atoms with Gasteiger partial charge < -0.3 is 5.32 Å². The Hall–Kier alpha value is -0.970. The van der Waals surface area contributed by atoms with Crippen LogP contribution in [0.5, 0.6) is 0 Å². The van der Waals surface area contributed by atoms with Crippen molar-refractivity contribution in [3.05, 3.63) is 18.1 Å². The van der Waals surface area contributed by atoms with E-state index in [9.17, 15) is 4.21 Å². The Labute approximate surface area is 93.0 Å². The largest absolute Gasteiger partial charge is 0.369 e. The summed E-state index contributed by atoms with van der Waals surface area (Å²) in [6.45, 7) is 4.68. The van der Waals surface area contributed by atoms with Gasteiger partial charge in [-0.05, 0) is 13.3 Å². The molecule has 1 heterocycles. The van der Waals surface area contributed by atoms with E-state index in [2.05, 4.69) is 15.3 Å². The van der Waals surface area contributed by atoms with Crippen molar-refractivity contribution in [3.63, 3.8) is 0 Å². The van der Waals surface area contributed by atoms with E-state index in [1.54, 1.807) is 18.6 Å². The minimum absolute atomic E-state index is 0.217. The number of aromatic nitrogens is 2. The van der Waals surface area contributed by atoms with Gasteiger partial charge in [-0.3, -0.25) is 9.19 Å². The van der Waals surface area contributed by atoms with Crippen LogP contribution in [0.25, 0.3) is 0 Å². The van der Waals surface area contributed by atoms with E-state index >= 15 is 0 Å². The van der Waals surface area contributed by atoms with Crippen molar-refractivity contribution in [3.8, 4) is 0 Å². The van der Waals surface area contributed by atoms with Crippen molar-refractivity contribution < 1.29 is 4.21 Å². The fraction of sp³-hybridized carbons (Fsp3) is 0.600. The zero-order valence-electron chi connectivity index (χ0n) is 9.36. The molecule has 0 aromatic carbocycles. The molecule has 1 aromatic rings. The fourth-order valence-electron chi connectivity index (χ4n) is 1.14. The van der Waals surface area contributed by atoms with Crippen molar-refractivity contribution in [2.75, 3.05) is 18.1 Å². The normalized spacial score (nSPS) is 14.6. The second kappa shape index (κ2) is 5.80. The Morgan fingerprint density at radius 2 is 2.13 bits per heavy atom. The van der Waals surface area contributed by atoms with Crippen LogP contribution in [0, 0.1) is 6.92 Å². The number of hydrogen-bond donors (Lipinski definition) is 1. The standard InChI is InChI=1S/C10H17N3OS/c1-8(15(3)14)4-5-12-10-9(2)11-6-7-13-10/h6-8H,4-5H2,1-3H3,(H,12,13). The first-order chi connectivity index (χ1) is 7.11. The molecule has 0 fully saturated rings. The molecule has 2 unspecified atom stereocenters. The van der Waals surface area contributed by atoms with Crippen molar-refractivity contribution in [1.82, 2.24) is 9.97 Å². The van der Waals surface area contributed by atoms with Gasteiger partial charge in [-0.1, -0.05) is 6.92 Å². The first kappa shape index (κ1) is 12.1. The SMILES string of the molecule is Cc1nccnc1NCCC(C)S(C)=O. The predicted octanol–water partition coefficient (Wildman–Crippen LogP) is 1.35. The summed E-state index contributed by atoms with van der Waals surface area (Å²) in [5.74, 6) is 0.812. The molecule has 0 aliphatic rings. The lowest BCUT2D eigenvalue weighted by molar-refractivity contribution is 0.672. The molecule has 84 valence electrons. The van der Waals surface area contributed by atoms with Gasteiger partial charge in [0.05, 0.1) is 5.69 Å². The third-order valence-electron chi connectivity index (χ3n) is 2.29. The molecule has 15 heavy (non-hydrogen) atoms. The van der Waals surface area contributed by atoms with Crippen molar-refractivity contribution in [1.29, 1.82) is 0 Å². The zero-order valence-corrected chi connectivity index (χ0v) is 10.2. The lowest BCUT2D eigenvalue weighted by Gasteiger charge is -2.10. The molecule has 0 bridgehead atoms. The average molecular weight is 227 g/mol. The van der Waals surface area contributed by atoms with Crippen LogP contribution < -0.4 is 5.32 Å². The maximum absolute atomic E-state index is 11.1. The van der Waals surface area contributed by atoms with Crippen LogP contribution in [-0.4, -0.2) is 32.2 Å². The van der Waals surface area contributed by atoms with E-state index in [-0.39, 0.29) is 5.25 Å². The van der Waals surface area contributed by atoms with Gasteiger partial charge in [0.2, 0.25) is 0 Å². The van der Waals surface area contributed by atoms with Gasteiger partial charge in [-0.15, -0.1) is 0 Å². The summed E-state index contributed by atoms with van der Waals surface area (Å²) in [5.41, 5.74) is 0.891. The van der Waals surface area contributed by atoms with Crippen LogP contribution >= 0.6 is 0 Å². The number of nitrogens with one attached hydrogen (secondary N) is 1. The number of anilines is 1. The van der Waals surface area contributed by atoms with Crippen LogP contribution in [0.15, 0.2) is 12.4 Å². The van der Waals surface area contributed by atoms with Crippen molar-refractivity contribution in [2.24, 2.45) is 0 Å². The number of hydrogen-bond acceptors (Lipinski definition) is 4.